The predicted octanol–water partition coefficient (Wildman–Crippen LogP) is 3.04. The molecule has 0 spiro atoms. The highest BCUT2D eigenvalue weighted by Gasteiger charge is 2.40. The SMILES string of the molecule is CCCCOC(=O)N1CCN(C(=O)C(CC(F)(F)F)NC(=O)c2cc(OCC(=O)N3CCCC3C(=O)NC3CCC3)n(-c3ccccc3)n2)CC1. The molecule has 1 aromatic heterocycles. The van der Waals surface area contributed by atoms with E-state index in [1.54, 1.807) is 30.3 Å². The lowest BCUT2D eigenvalue weighted by Crippen LogP contribution is -2.56. The summed E-state index contributed by atoms with van der Waals surface area (Å²) in [5.41, 5.74) is 0.0896. The van der Waals surface area contributed by atoms with Crippen molar-refractivity contribution < 1.29 is 46.6 Å². The number of nitrogens with zero attached hydrogens (tertiary/aromatic N) is 5. The molecule has 1 aliphatic carbocycles. The number of aromatic nitrogens is 2. The molecule has 2 unspecified atom stereocenters. The molecule has 14 nitrogen and oxygen atoms in total. The first-order chi connectivity index (χ1) is 24.4. The van der Waals surface area contributed by atoms with Crippen LogP contribution in [0.15, 0.2) is 36.4 Å². The van der Waals surface area contributed by atoms with E-state index in [1.807, 2.05) is 6.92 Å². The van der Waals surface area contributed by atoms with Crippen molar-refractivity contribution in [3.63, 3.8) is 0 Å². The van der Waals surface area contributed by atoms with Gasteiger partial charge in [-0.15, -0.1) is 0 Å². The Hall–Kier alpha value is -4.83. The lowest BCUT2D eigenvalue weighted by molar-refractivity contribution is -0.154. The summed E-state index contributed by atoms with van der Waals surface area (Å²) in [5.74, 6) is -2.71. The molecule has 3 aliphatic rings. The van der Waals surface area contributed by atoms with Crippen molar-refractivity contribution >= 4 is 29.7 Å². The quantitative estimate of drug-likeness (QED) is 0.300. The van der Waals surface area contributed by atoms with Crippen LogP contribution in [0.4, 0.5) is 18.0 Å². The molecule has 2 atom stereocenters. The molecule has 2 aliphatic heterocycles. The molecule has 0 radical (unpaired) electrons. The molecular weight excluding hydrogens is 675 g/mol. The van der Waals surface area contributed by atoms with Gasteiger partial charge in [-0.25, -0.2) is 9.48 Å². The minimum atomic E-state index is -4.79. The van der Waals surface area contributed by atoms with Crippen molar-refractivity contribution in [1.82, 2.24) is 35.1 Å². The van der Waals surface area contributed by atoms with Gasteiger partial charge in [-0.05, 0) is 50.7 Å². The van der Waals surface area contributed by atoms with Gasteiger partial charge in [0.2, 0.25) is 17.7 Å². The summed E-state index contributed by atoms with van der Waals surface area (Å²) in [4.78, 5) is 69.1. The third-order valence-corrected chi connectivity index (χ3v) is 9.19. The number of likely N-dealkylation sites (tertiary alicyclic amines) is 1. The number of halogens is 3. The first kappa shape index (κ1) is 37.4. The number of alkyl halides is 3. The molecule has 2 N–H and O–H groups in total. The topological polar surface area (TPSA) is 155 Å². The van der Waals surface area contributed by atoms with E-state index in [9.17, 15) is 37.1 Å². The molecule has 5 amide bonds. The minimum absolute atomic E-state index is 0.0410. The summed E-state index contributed by atoms with van der Waals surface area (Å²) in [5, 5.41) is 9.44. The van der Waals surface area contributed by atoms with Crippen LogP contribution in [0.25, 0.3) is 5.69 Å². The third kappa shape index (κ3) is 9.91. The van der Waals surface area contributed by atoms with Crippen molar-refractivity contribution in [2.24, 2.45) is 0 Å². The Bertz CT molecular complexity index is 1540. The third-order valence-electron chi connectivity index (χ3n) is 9.19. The number of rotatable bonds is 13. The van der Waals surface area contributed by atoms with E-state index in [0.717, 1.165) is 25.7 Å². The summed E-state index contributed by atoms with van der Waals surface area (Å²) >= 11 is 0. The number of amides is 5. The minimum Gasteiger partial charge on any atom is -0.467 e. The van der Waals surface area contributed by atoms with Crippen LogP contribution in [0.2, 0.25) is 0 Å². The van der Waals surface area contributed by atoms with Gasteiger partial charge in [0.15, 0.2) is 12.3 Å². The van der Waals surface area contributed by atoms with Crippen LogP contribution >= 0.6 is 0 Å². The number of unbranched alkanes of at least 4 members (excludes halogenated alkanes) is 1. The highest BCUT2D eigenvalue weighted by atomic mass is 19.4. The summed E-state index contributed by atoms with van der Waals surface area (Å²) < 4.78 is 53.2. The van der Waals surface area contributed by atoms with Crippen LogP contribution in [0.3, 0.4) is 0 Å². The van der Waals surface area contributed by atoms with Gasteiger partial charge in [-0.1, -0.05) is 31.5 Å². The van der Waals surface area contributed by atoms with Crippen LogP contribution in [0, 0.1) is 0 Å². The van der Waals surface area contributed by atoms with Crippen molar-refractivity contribution in [3.05, 3.63) is 42.1 Å². The second-order valence-electron chi connectivity index (χ2n) is 12.9. The van der Waals surface area contributed by atoms with E-state index in [-0.39, 0.29) is 56.3 Å². The average molecular weight is 720 g/mol. The fourth-order valence-corrected chi connectivity index (χ4v) is 6.13. The van der Waals surface area contributed by atoms with E-state index >= 15 is 0 Å². The summed E-state index contributed by atoms with van der Waals surface area (Å²) in [6, 6.07) is 7.17. The molecule has 278 valence electrons. The van der Waals surface area contributed by atoms with Crippen molar-refractivity contribution in [2.45, 2.75) is 82.6 Å². The molecule has 1 aromatic carbocycles. The highest BCUT2D eigenvalue weighted by molar-refractivity contribution is 5.96. The molecule has 0 bridgehead atoms. The number of hydrogen-bond acceptors (Lipinski definition) is 8. The summed E-state index contributed by atoms with van der Waals surface area (Å²) in [6.45, 7) is 2.13. The predicted molar refractivity (Wildman–Crippen MR) is 176 cm³/mol. The number of para-hydroxylation sites is 1. The molecule has 5 rings (SSSR count). The normalized spacial score (nSPS) is 18.5. The number of benzene rings is 1. The van der Waals surface area contributed by atoms with E-state index < -0.39 is 55.1 Å². The molecule has 2 aromatic rings. The largest absolute Gasteiger partial charge is 0.467 e. The second kappa shape index (κ2) is 16.9. The number of carbonyl (C=O) groups is 5. The number of hydrogen-bond donors (Lipinski definition) is 2. The first-order valence-corrected chi connectivity index (χ1v) is 17.4. The van der Waals surface area contributed by atoms with Gasteiger partial charge in [0.25, 0.3) is 11.8 Å². The number of ether oxygens (including phenoxy) is 2. The van der Waals surface area contributed by atoms with E-state index in [1.165, 1.54) is 25.4 Å². The van der Waals surface area contributed by atoms with Crippen molar-refractivity contribution in [2.75, 3.05) is 45.9 Å². The number of nitrogens with one attached hydrogen (secondary N) is 2. The number of carbonyl (C=O) groups excluding carboxylic acids is 5. The molecular formula is C34H44F3N7O7. The van der Waals surface area contributed by atoms with Crippen LogP contribution in [-0.4, -0.2) is 124 Å². The van der Waals surface area contributed by atoms with E-state index in [2.05, 4.69) is 15.7 Å². The van der Waals surface area contributed by atoms with E-state index in [0.29, 0.717) is 31.5 Å². The van der Waals surface area contributed by atoms with Gasteiger partial charge in [0, 0.05) is 44.8 Å². The Kier molecular flexibility index (Phi) is 12.4. The molecule has 3 fully saturated rings. The smallest absolute Gasteiger partial charge is 0.409 e. The standard InChI is InChI=1S/C34H44F3N7O7/c1-2-3-19-50-33(49)42-17-15-41(16-18-42)32(48)26(21-34(35,36)37)39-30(46)25-20-29(44(40-25)24-11-5-4-6-12-24)51-22-28(45)43-14-8-13-27(43)31(47)38-23-9-7-10-23/h4-6,11-12,20,23,26-27H,2-3,7-10,13-19,21-22H2,1H3,(H,38,47)(H,39,46). The highest BCUT2D eigenvalue weighted by Crippen LogP contribution is 2.26. The molecule has 17 heteroatoms. The van der Waals surface area contributed by atoms with Gasteiger partial charge in [0.05, 0.1) is 18.7 Å². The van der Waals surface area contributed by atoms with Crippen molar-refractivity contribution in [1.29, 1.82) is 0 Å². The maximum Gasteiger partial charge on any atom is 0.409 e. The van der Waals surface area contributed by atoms with Crippen molar-refractivity contribution in [3.8, 4) is 11.6 Å². The van der Waals surface area contributed by atoms with E-state index in [4.69, 9.17) is 9.47 Å². The zero-order valence-electron chi connectivity index (χ0n) is 28.5. The lowest BCUT2D eigenvalue weighted by Gasteiger charge is -2.36. The van der Waals surface area contributed by atoms with Crippen LogP contribution in [0.1, 0.15) is 68.8 Å². The van der Waals surface area contributed by atoms with Crippen LogP contribution in [0.5, 0.6) is 5.88 Å². The second-order valence-corrected chi connectivity index (χ2v) is 12.9. The Morgan fingerprint density at radius 3 is 2.31 bits per heavy atom. The molecule has 51 heavy (non-hydrogen) atoms. The van der Waals surface area contributed by atoms with Gasteiger partial charge in [0.1, 0.15) is 12.1 Å². The lowest BCUT2D eigenvalue weighted by atomic mass is 9.93. The van der Waals surface area contributed by atoms with Gasteiger partial charge in [-0.2, -0.15) is 18.3 Å². The molecule has 2 saturated heterocycles. The fraction of sp³-hybridized carbons (Fsp3) is 0.588. The fourth-order valence-electron chi connectivity index (χ4n) is 6.13. The average Bonchev–Trinajstić information content (AvgIpc) is 3.76. The molecule has 3 heterocycles. The van der Waals surface area contributed by atoms with Gasteiger partial charge < -0.3 is 34.8 Å². The Labute approximate surface area is 293 Å². The first-order valence-electron chi connectivity index (χ1n) is 17.4. The number of piperazine rings is 1. The zero-order chi connectivity index (χ0) is 36.5. The Balaban J connectivity index is 1.26. The Morgan fingerprint density at radius 1 is 0.961 bits per heavy atom. The van der Waals surface area contributed by atoms with Gasteiger partial charge in [-0.3, -0.25) is 19.2 Å². The maximum atomic E-state index is 13.7. The summed E-state index contributed by atoms with van der Waals surface area (Å²) in [6.07, 6.45) is -1.40. The summed E-state index contributed by atoms with van der Waals surface area (Å²) in [7, 11) is 0. The van der Waals surface area contributed by atoms with Gasteiger partial charge >= 0.3 is 12.3 Å². The Morgan fingerprint density at radius 2 is 1.67 bits per heavy atom. The molecule has 1 saturated carbocycles. The maximum absolute atomic E-state index is 13.7. The van der Waals surface area contributed by atoms with Crippen LogP contribution in [-0.2, 0) is 19.1 Å². The monoisotopic (exact) mass is 719 g/mol. The zero-order valence-corrected chi connectivity index (χ0v) is 28.5. The van der Waals surface area contributed by atoms with Crippen LogP contribution < -0.4 is 15.4 Å².